The van der Waals surface area contributed by atoms with Crippen molar-refractivity contribution < 1.29 is 35.5 Å². The van der Waals surface area contributed by atoms with Crippen LogP contribution < -0.4 is 10.6 Å². The van der Waals surface area contributed by atoms with Crippen LogP contribution in [0.15, 0.2) is 42.5 Å². The van der Waals surface area contributed by atoms with Crippen molar-refractivity contribution in [3.8, 4) is 0 Å². The molecule has 0 radical (unpaired) electrons. The Labute approximate surface area is 205 Å². The molecule has 2 aromatic rings. The summed E-state index contributed by atoms with van der Waals surface area (Å²) < 4.78 is 68.9. The second-order valence-corrected chi connectivity index (χ2v) is 9.70. The topological polar surface area (TPSA) is 137 Å². The molecule has 194 valence electrons. The zero-order valence-corrected chi connectivity index (χ0v) is 20.2. The van der Waals surface area contributed by atoms with E-state index in [9.17, 15) is 31.2 Å². The molecule has 1 fully saturated rings. The smallest absolute Gasteiger partial charge is 0.368 e. The van der Waals surface area contributed by atoms with Gasteiger partial charge < -0.3 is 15.5 Å². The Bertz CT molecular complexity index is 1290. The van der Waals surface area contributed by atoms with Gasteiger partial charge >= 0.3 is 6.18 Å². The van der Waals surface area contributed by atoms with Crippen molar-refractivity contribution in [3.63, 3.8) is 0 Å². The number of hydrogen-bond donors (Lipinski definition) is 2. The predicted octanol–water partition coefficient (Wildman–Crippen LogP) is 2.20. The van der Waals surface area contributed by atoms with E-state index in [2.05, 4.69) is 4.28 Å². The van der Waals surface area contributed by atoms with Crippen LogP contribution in [0.2, 0.25) is 0 Å². The highest BCUT2D eigenvalue weighted by atomic mass is 32.2. The number of nitrogens with zero attached hydrogens (tertiary/aromatic N) is 3. The van der Waals surface area contributed by atoms with E-state index in [0.717, 1.165) is 17.7 Å². The zero-order valence-electron chi connectivity index (χ0n) is 19.4. The zero-order chi connectivity index (χ0) is 26.8. The molecule has 3 rings (SSSR count). The van der Waals surface area contributed by atoms with Gasteiger partial charge in [-0.15, -0.1) is 9.35 Å². The number of carbonyl (C=O) groups excluding carboxylic acids is 2. The number of rotatable bonds is 5. The molecule has 0 aromatic heterocycles. The van der Waals surface area contributed by atoms with Crippen LogP contribution in [0.3, 0.4) is 0 Å². The standard InChI is InChI=1S/C22H24F3N5O5S/c1-14-4-3-5-15(12-14)19(31)29-10-8-28(9-11-29)18-7-6-16(13-17(18)22(23,24)25)20(32)30(21(26)27)35-36(2,33)34/h3-7,12-13H,8-11H2,1-2H3,(H3,26,27). The number of benzene rings is 2. The summed E-state index contributed by atoms with van der Waals surface area (Å²) in [7, 11) is -4.30. The molecule has 0 atom stereocenters. The molecular formula is C22H24F3N5O5S. The molecule has 0 unspecified atom stereocenters. The first-order valence-corrected chi connectivity index (χ1v) is 12.4. The number of amides is 2. The third kappa shape index (κ3) is 6.31. The van der Waals surface area contributed by atoms with Crippen LogP contribution in [-0.4, -0.2) is 68.6 Å². The Hall–Kier alpha value is -3.65. The summed E-state index contributed by atoms with van der Waals surface area (Å²) in [6, 6.07) is 9.70. The molecule has 0 aliphatic carbocycles. The lowest BCUT2D eigenvalue weighted by atomic mass is 10.1. The number of guanidine groups is 1. The van der Waals surface area contributed by atoms with E-state index < -0.39 is 39.3 Å². The van der Waals surface area contributed by atoms with Crippen molar-refractivity contribution in [1.29, 1.82) is 5.41 Å². The lowest BCUT2D eigenvalue weighted by Gasteiger charge is -2.37. The Balaban J connectivity index is 1.84. The first kappa shape index (κ1) is 26.9. The first-order valence-electron chi connectivity index (χ1n) is 10.6. The van der Waals surface area contributed by atoms with Crippen molar-refractivity contribution >= 4 is 33.6 Å². The largest absolute Gasteiger partial charge is 0.418 e. The molecule has 1 aliphatic heterocycles. The van der Waals surface area contributed by atoms with Gasteiger partial charge in [-0.05, 0) is 37.3 Å². The highest BCUT2D eigenvalue weighted by Gasteiger charge is 2.37. The van der Waals surface area contributed by atoms with Crippen molar-refractivity contribution in [2.45, 2.75) is 13.1 Å². The van der Waals surface area contributed by atoms with Gasteiger partial charge in [0.15, 0.2) is 0 Å². The quantitative estimate of drug-likeness (QED) is 0.346. The molecule has 1 saturated heterocycles. The predicted molar refractivity (Wildman–Crippen MR) is 125 cm³/mol. The maximum atomic E-state index is 13.9. The van der Waals surface area contributed by atoms with Gasteiger partial charge in [0, 0.05) is 43.0 Å². The minimum absolute atomic E-state index is 0.111. The second kappa shape index (κ2) is 10.1. The molecule has 2 aromatic carbocycles. The molecule has 1 aliphatic rings. The molecule has 14 heteroatoms. The maximum absolute atomic E-state index is 13.9. The van der Waals surface area contributed by atoms with Crippen LogP contribution in [0.4, 0.5) is 18.9 Å². The third-order valence-corrected chi connectivity index (χ3v) is 5.75. The lowest BCUT2D eigenvalue weighted by Crippen LogP contribution is -2.49. The number of nitrogens with one attached hydrogen (secondary N) is 1. The number of halogens is 3. The highest BCUT2D eigenvalue weighted by Crippen LogP contribution is 2.38. The number of alkyl halides is 3. The van der Waals surface area contributed by atoms with Crippen molar-refractivity contribution in [3.05, 3.63) is 64.7 Å². The fourth-order valence-corrected chi connectivity index (χ4v) is 4.14. The minimum Gasteiger partial charge on any atom is -0.368 e. The summed E-state index contributed by atoms with van der Waals surface area (Å²) in [4.78, 5) is 28.4. The van der Waals surface area contributed by atoms with E-state index >= 15 is 0 Å². The second-order valence-electron chi connectivity index (χ2n) is 8.14. The summed E-state index contributed by atoms with van der Waals surface area (Å²) >= 11 is 0. The summed E-state index contributed by atoms with van der Waals surface area (Å²) in [5, 5.41) is 7.24. The van der Waals surface area contributed by atoms with Crippen molar-refractivity contribution in [2.24, 2.45) is 5.73 Å². The number of piperazine rings is 1. The molecule has 3 N–H and O–H groups in total. The number of aryl methyl sites for hydroxylation is 1. The van der Waals surface area contributed by atoms with Crippen LogP contribution in [0.25, 0.3) is 0 Å². The van der Waals surface area contributed by atoms with E-state index in [0.29, 0.717) is 17.9 Å². The van der Waals surface area contributed by atoms with Crippen LogP contribution in [0.1, 0.15) is 31.8 Å². The van der Waals surface area contributed by atoms with E-state index in [1.807, 2.05) is 13.0 Å². The van der Waals surface area contributed by atoms with Crippen molar-refractivity contribution in [2.75, 3.05) is 37.3 Å². The number of anilines is 1. The number of carbonyl (C=O) groups is 2. The third-order valence-electron chi connectivity index (χ3n) is 5.33. The Morgan fingerprint density at radius 3 is 2.22 bits per heavy atom. The fourth-order valence-electron chi connectivity index (χ4n) is 3.72. The monoisotopic (exact) mass is 527 g/mol. The minimum atomic E-state index is -4.86. The molecule has 0 spiro atoms. The fraction of sp³-hybridized carbons (Fsp3) is 0.318. The van der Waals surface area contributed by atoms with Gasteiger partial charge in [0.2, 0.25) is 5.96 Å². The summed E-state index contributed by atoms with van der Waals surface area (Å²) in [6.07, 6.45) is -4.28. The van der Waals surface area contributed by atoms with Crippen LogP contribution >= 0.6 is 0 Å². The molecule has 10 nitrogen and oxygen atoms in total. The molecular weight excluding hydrogens is 503 g/mol. The van der Waals surface area contributed by atoms with Crippen LogP contribution in [0.5, 0.6) is 0 Å². The number of nitrogens with two attached hydrogens (primary N) is 1. The SMILES string of the molecule is Cc1cccc(C(=O)N2CCN(c3ccc(C(=O)N(OS(C)(=O)=O)C(=N)N)cc3C(F)(F)F)CC2)c1. The Kier molecular flexibility index (Phi) is 7.59. The van der Waals surface area contributed by atoms with E-state index in [-0.39, 0.29) is 42.8 Å². The van der Waals surface area contributed by atoms with E-state index in [4.69, 9.17) is 11.1 Å². The first-order chi connectivity index (χ1) is 16.7. The van der Waals surface area contributed by atoms with Crippen molar-refractivity contribution in [1.82, 2.24) is 9.96 Å². The number of hydrogen-bond acceptors (Lipinski definition) is 7. The molecule has 2 amide bonds. The maximum Gasteiger partial charge on any atom is 0.418 e. The summed E-state index contributed by atoms with van der Waals surface area (Å²) in [6.45, 7) is 2.45. The van der Waals surface area contributed by atoms with Gasteiger partial charge in [0.1, 0.15) is 0 Å². The van der Waals surface area contributed by atoms with Crippen LogP contribution in [0, 0.1) is 12.3 Å². The normalized spacial score (nSPS) is 14.5. The molecule has 0 saturated carbocycles. The van der Waals surface area contributed by atoms with Gasteiger partial charge in [-0.2, -0.15) is 21.6 Å². The van der Waals surface area contributed by atoms with Gasteiger partial charge in [-0.25, -0.2) is 0 Å². The summed E-state index contributed by atoms with van der Waals surface area (Å²) in [5.74, 6) is -2.71. The van der Waals surface area contributed by atoms with Crippen LogP contribution in [-0.2, 0) is 20.6 Å². The van der Waals surface area contributed by atoms with Gasteiger partial charge in [-0.1, -0.05) is 17.7 Å². The highest BCUT2D eigenvalue weighted by molar-refractivity contribution is 7.85. The lowest BCUT2D eigenvalue weighted by molar-refractivity contribution is -0.137. The summed E-state index contributed by atoms with van der Waals surface area (Å²) in [5.41, 5.74) is 4.65. The number of hydroxylamine groups is 2. The average Bonchev–Trinajstić information content (AvgIpc) is 2.80. The van der Waals surface area contributed by atoms with Gasteiger partial charge in [0.25, 0.3) is 21.9 Å². The van der Waals surface area contributed by atoms with E-state index in [1.165, 1.54) is 4.90 Å². The molecule has 0 bridgehead atoms. The van der Waals surface area contributed by atoms with E-state index in [1.54, 1.807) is 23.1 Å². The Morgan fingerprint density at radius 1 is 1.06 bits per heavy atom. The molecule has 36 heavy (non-hydrogen) atoms. The average molecular weight is 528 g/mol. The van der Waals surface area contributed by atoms with Gasteiger partial charge in [0.05, 0.1) is 11.8 Å². The molecule has 1 heterocycles. The van der Waals surface area contributed by atoms with Gasteiger partial charge in [-0.3, -0.25) is 15.0 Å². The Morgan fingerprint density at radius 2 is 1.69 bits per heavy atom.